The molecule has 2 aliphatic heterocycles. The van der Waals surface area contributed by atoms with E-state index in [1.54, 1.807) is 0 Å². The smallest absolute Gasteiger partial charge is 0.145 e. The SMILES string of the molecule is C/C(=C\c1ccccc1)CN1CCc2nc([C@H]3CCCCN3C)ncc2C1. The Morgan fingerprint density at radius 3 is 2.85 bits per heavy atom. The first kappa shape index (κ1) is 18.3. The molecule has 0 spiro atoms. The van der Waals surface area contributed by atoms with Gasteiger partial charge in [-0.1, -0.05) is 48.4 Å². The first-order valence-electron chi connectivity index (χ1n) is 10.2. The second kappa shape index (κ2) is 8.32. The summed E-state index contributed by atoms with van der Waals surface area (Å²) in [5, 5.41) is 0. The molecule has 27 heavy (non-hydrogen) atoms. The molecule has 0 N–H and O–H groups in total. The van der Waals surface area contributed by atoms with Crippen molar-refractivity contribution < 1.29 is 0 Å². The van der Waals surface area contributed by atoms with Crippen LogP contribution < -0.4 is 0 Å². The van der Waals surface area contributed by atoms with Crippen LogP contribution in [0.25, 0.3) is 6.08 Å². The van der Waals surface area contributed by atoms with Crippen molar-refractivity contribution >= 4 is 6.08 Å². The fourth-order valence-corrected chi connectivity index (χ4v) is 4.32. The minimum Gasteiger partial charge on any atom is -0.296 e. The van der Waals surface area contributed by atoms with Crippen LogP contribution in [0, 0.1) is 0 Å². The molecule has 4 rings (SSSR count). The Labute approximate surface area is 162 Å². The molecule has 0 aliphatic carbocycles. The molecule has 1 saturated heterocycles. The molecular formula is C23H30N4. The Hall–Kier alpha value is -2.04. The van der Waals surface area contributed by atoms with Crippen molar-refractivity contribution in [3.63, 3.8) is 0 Å². The number of hydrogen-bond acceptors (Lipinski definition) is 4. The second-order valence-electron chi connectivity index (χ2n) is 8.05. The van der Waals surface area contributed by atoms with E-state index in [1.165, 1.54) is 41.7 Å². The van der Waals surface area contributed by atoms with E-state index in [1.807, 2.05) is 0 Å². The largest absolute Gasteiger partial charge is 0.296 e. The molecule has 1 aromatic heterocycles. The van der Waals surface area contributed by atoms with Crippen LogP contribution in [-0.2, 0) is 13.0 Å². The maximum absolute atomic E-state index is 4.97. The van der Waals surface area contributed by atoms with Crippen LogP contribution in [0.3, 0.4) is 0 Å². The fraction of sp³-hybridized carbons (Fsp3) is 0.478. The molecule has 0 radical (unpaired) electrons. The van der Waals surface area contributed by atoms with E-state index in [4.69, 9.17) is 9.97 Å². The van der Waals surface area contributed by atoms with Gasteiger partial charge >= 0.3 is 0 Å². The zero-order valence-electron chi connectivity index (χ0n) is 16.6. The van der Waals surface area contributed by atoms with Gasteiger partial charge in [-0.3, -0.25) is 9.80 Å². The summed E-state index contributed by atoms with van der Waals surface area (Å²) in [4.78, 5) is 14.6. The first-order chi connectivity index (χ1) is 13.2. The standard InChI is InChI=1S/C23H30N4/c1-18(14-19-8-4-3-5-9-19)16-27-13-11-21-20(17-27)15-24-23(25-21)22-10-6-7-12-26(22)2/h3-5,8-9,14-15,22H,6-7,10-13,16-17H2,1-2H3/b18-14+/t22-/m1/s1. The number of rotatable bonds is 4. The minimum atomic E-state index is 0.401. The summed E-state index contributed by atoms with van der Waals surface area (Å²) >= 11 is 0. The van der Waals surface area contributed by atoms with Gasteiger partial charge in [0.2, 0.25) is 0 Å². The van der Waals surface area contributed by atoms with Gasteiger partial charge in [-0.25, -0.2) is 9.97 Å². The number of likely N-dealkylation sites (tertiary alicyclic amines) is 1. The van der Waals surface area contributed by atoms with E-state index in [-0.39, 0.29) is 0 Å². The molecule has 2 aromatic rings. The average molecular weight is 363 g/mol. The van der Waals surface area contributed by atoms with Gasteiger partial charge in [-0.15, -0.1) is 0 Å². The highest BCUT2D eigenvalue weighted by atomic mass is 15.2. The Morgan fingerprint density at radius 2 is 2.04 bits per heavy atom. The van der Waals surface area contributed by atoms with E-state index in [9.17, 15) is 0 Å². The summed E-state index contributed by atoms with van der Waals surface area (Å²) in [5.41, 5.74) is 5.24. The topological polar surface area (TPSA) is 32.3 Å². The van der Waals surface area contributed by atoms with Crippen LogP contribution in [0.5, 0.6) is 0 Å². The van der Waals surface area contributed by atoms with Gasteiger partial charge < -0.3 is 0 Å². The van der Waals surface area contributed by atoms with E-state index in [0.717, 1.165) is 38.4 Å². The fourth-order valence-electron chi connectivity index (χ4n) is 4.32. The van der Waals surface area contributed by atoms with Crippen molar-refractivity contribution in [3.05, 3.63) is 64.7 Å². The number of piperidine rings is 1. The molecule has 1 atom stereocenters. The zero-order valence-corrected chi connectivity index (χ0v) is 16.6. The molecule has 3 heterocycles. The molecule has 0 unspecified atom stereocenters. The number of hydrogen-bond donors (Lipinski definition) is 0. The Kier molecular flexibility index (Phi) is 5.65. The quantitative estimate of drug-likeness (QED) is 0.820. The predicted octanol–water partition coefficient (Wildman–Crippen LogP) is 4.10. The van der Waals surface area contributed by atoms with Gasteiger partial charge in [0.25, 0.3) is 0 Å². The molecular weight excluding hydrogens is 332 g/mol. The Morgan fingerprint density at radius 1 is 1.19 bits per heavy atom. The molecule has 142 valence electrons. The summed E-state index contributed by atoms with van der Waals surface area (Å²) in [6.45, 7) is 6.41. The van der Waals surface area contributed by atoms with Crippen LogP contribution in [-0.4, -0.2) is 46.4 Å². The van der Waals surface area contributed by atoms with E-state index in [0.29, 0.717) is 6.04 Å². The molecule has 4 heteroatoms. The molecule has 0 bridgehead atoms. The maximum atomic E-state index is 4.97. The second-order valence-corrected chi connectivity index (χ2v) is 8.05. The van der Waals surface area contributed by atoms with E-state index >= 15 is 0 Å². The van der Waals surface area contributed by atoms with Crippen molar-refractivity contribution in [1.82, 2.24) is 19.8 Å². The lowest BCUT2D eigenvalue weighted by molar-refractivity contribution is 0.178. The molecule has 0 saturated carbocycles. The van der Waals surface area contributed by atoms with Crippen molar-refractivity contribution in [2.45, 2.75) is 45.2 Å². The summed E-state index contributed by atoms with van der Waals surface area (Å²) in [6, 6.07) is 11.0. The van der Waals surface area contributed by atoms with Crippen molar-refractivity contribution in [2.75, 3.05) is 26.7 Å². The van der Waals surface area contributed by atoms with Crippen LogP contribution in [0.15, 0.2) is 42.1 Å². The lowest BCUT2D eigenvalue weighted by Crippen LogP contribution is -2.34. The summed E-state index contributed by atoms with van der Waals surface area (Å²) in [5.74, 6) is 1.03. The molecule has 1 fully saturated rings. The van der Waals surface area contributed by atoms with Gasteiger partial charge in [-0.05, 0) is 38.9 Å². The van der Waals surface area contributed by atoms with E-state index < -0.39 is 0 Å². The summed E-state index contributed by atoms with van der Waals surface area (Å²) in [6.07, 6.45) is 9.17. The Balaban J connectivity index is 1.42. The normalized spacial score (nSPS) is 21.9. The van der Waals surface area contributed by atoms with Gasteiger partial charge in [0, 0.05) is 43.5 Å². The summed E-state index contributed by atoms with van der Waals surface area (Å²) < 4.78 is 0. The van der Waals surface area contributed by atoms with Crippen LogP contribution >= 0.6 is 0 Å². The molecule has 1 aromatic carbocycles. The lowest BCUT2D eigenvalue weighted by atomic mass is 10.0. The van der Waals surface area contributed by atoms with Crippen molar-refractivity contribution in [3.8, 4) is 0 Å². The molecule has 4 nitrogen and oxygen atoms in total. The van der Waals surface area contributed by atoms with Crippen molar-refractivity contribution in [2.24, 2.45) is 0 Å². The zero-order chi connectivity index (χ0) is 18.6. The maximum Gasteiger partial charge on any atom is 0.145 e. The van der Waals surface area contributed by atoms with Crippen molar-refractivity contribution in [1.29, 1.82) is 0 Å². The van der Waals surface area contributed by atoms with Gasteiger partial charge in [0.05, 0.1) is 6.04 Å². The predicted molar refractivity (Wildman–Crippen MR) is 110 cm³/mol. The van der Waals surface area contributed by atoms with Gasteiger partial charge in [-0.2, -0.15) is 0 Å². The van der Waals surface area contributed by atoms with Crippen LogP contribution in [0.2, 0.25) is 0 Å². The highest BCUT2D eigenvalue weighted by Gasteiger charge is 2.25. The number of fused-ring (bicyclic) bond motifs is 1. The highest BCUT2D eigenvalue weighted by Crippen LogP contribution is 2.28. The first-order valence-corrected chi connectivity index (χ1v) is 10.2. The van der Waals surface area contributed by atoms with E-state index in [2.05, 4.69) is 66.4 Å². The van der Waals surface area contributed by atoms with Crippen LogP contribution in [0.1, 0.15) is 54.9 Å². The van der Waals surface area contributed by atoms with Gasteiger partial charge in [0.15, 0.2) is 0 Å². The number of nitrogens with zero attached hydrogens (tertiary/aromatic N) is 4. The highest BCUT2D eigenvalue weighted by molar-refractivity contribution is 5.52. The molecule has 0 amide bonds. The third kappa shape index (κ3) is 4.45. The third-order valence-electron chi connectivity index (χ3n) is 5.79. The monoisotopic (exact) mass is 362 g/mol. The lowest BCUT2D eigenvalue weighted by Gasteiger charge is -2.33. The summed E-state index contributed by atoms with van der Waals surface area (Å²) in [7, 11) is 2.20. The third-order valence-corrected chi connectivity index (χ3v) is 5.79. The minimum absolute atomic E-state index is 0.401. The Bertz CT molecular complexity index is 799. The number of benzene rings is 1. The van der Waals surface area contributed by atoms with Crippen LogP contribution in [0.4, 0.5) is 0 Å². The number of aromatic nitrogens is 2. The van der Waals surface area contributed by atoms with Gasteiger partial charge in [0.1, 0.15) is 5.82 Å². The molecule has 2 aliphatic rings. The average Bonchev–Trinajstić information content (AvgIpc) is 2.69.